The Bertz CT molecular complexity index is 117. The van der Waals surface area contributed by atoms with Crippen LogP contribution >= 0.6 is 0 Å². The minimum absolute atomic E-state index is 0.158. The van der Waals surface area contributed by atoms with Gasteiger partial charge in [0.25, 0.3) is 0 Å². The molecule has 0 aromatic heterocycles. The van der Waals surface area contributed by atoms with Gasteiger partial charge in [0.15, 0.2) is 0 Å². The van der Waals surface area contributed by atoms with E-state index in [2.05, 4.69) is 37.4 Å². The summed E-state index contributed by atoms with van der Waals surface area (Å²) in [4.78, 5) is 0. The molecule has 0 aliphatic carbocycles. The molecule has 82 valence electrons. The van der Waals surface area contributed by atoms with Gasteiger partial charge >= 0.3 is 16.6 Å². The molecule has 0 aromatic rings. The van der Waals surface area contributed by atoms with Crippen molar-refractivity contribution in [1.82, 2.24) is 0 Å². The predicted octanol–water partition coefficient (Wildman–Crippen LogP) is 4.01. The molecule has 0 spiro atoms. The summed E-state index contributed by atoms with van der Waals surface area (Å²) >= 11 is 2.49. The van der Waals surface area contributed by atoms with Crippen molar-refractivity contribution >= 4 is 16.6 Å². The van der Waals surface area contributed by atoms with Crippen LogP contribution in [0.5, 0.6) is 0 Å². The average molecular weight is 212 g/mol. The van der Waals surface area contributed by atoms with Crippen molar-refractivity contribution in [2.45, 2.75) is 77.7 Å². The Morgan fingerprint density at radius 2 is 1.36 bits per heavy atom. The largest absolute Gasteiger partial charge is 0.512 e. The summed E-state index contributed by atoms with van der Waals surface area (Å²) in [6.07, 6.45) is 9.99. The molecule has 0 fully saturated rings. The maximum Gasteiger partial charge on any atom is 0.369 e. The monoisotopic (exact) mass is 212 g/mol. The fourth-order valence-corrected chi connectivity index (χ4v) is 2.36. The van der Waals surface area contributed by atoms with Crippen LogP contribution in [0.2, 0.25) is 0 Å². The van der Waals surface area contributed by atoms with Gasteiger partial charge in [-0.2, -0.15) is 0 Å². The smallest absolute Gasteiger partial charge is 0.369 e. The molecule has 0 heterocycles. The maximum absolute atomic E-state index is 5.70. The second-order valence-electron chi connectivity index (χ2n) is 4.26. The molecule has 0 unspecified atom stereocenters. The number of rotatable bonds is 9. The highest BCUT2D eigenvalue weighted by Crippen LogP contribution is 2.29. The molecule has 0 aromatic carbocycles. The Kier molecular flexibility index (Phi) is 9.08. The van der Waals surface area contributed by atoms with Gasteiger partial charge in [0.05, 0.1) is 0 Å². The topological polar surface area (TPSA) is 9.23 Å². The molecule has 1 nitrogen and oxygen atoms in total. The van der Waals surface area contributed by atoms with Gasteiger partial charge < -0.3 is 3.79 Å². The van der Waals surface area contributed by atoms with Crippen LogP contribution in [0.3, 0.4) is 0 Å². The van der Waals surface area contributed by atoms with E-state index in [-0.39, 0.29) is 5.60 Å². The molecular weight excluding hydrogens is 187 g/mol. The summed E-state index contributed by atoms with van der Waals surface area (Å²) in [5.41, 5.74) is 0.158. The molecule has 0 amide bonds. The molecule has 0 bridgehead atoms. The molecular formula is C12H25AlO. The average Bonchev–Trinajstić information content (AvgIpc) is 2.22. The van der Waals surface area contributed by atoms with Gasteiger partial charge in [-0.05, 0) is 19.3 Å². The highest BCUT2D eigenvalue weighted by atomic mass is 27.1. The van der Waals surface area contributed by atoms with E-state index < -0.39 is 0 Å². The normalized spacial score (nSPS) is 11.9. The summed E-state index contributed by atoms with van der Waals surface area (Å²) in [5, 5.41) is 0. The Labute approximate surface area is 98.4 Å². The second kappa shape index (κ2) is 8.77. The number of unbranched alkanes of at least 4 members (excludes halogenated alkanes) is 2. The van der Waals surface area contributed by atoms with E-state index >= 15 is 0 Å². The first kappa shape index (κ1) is 14.5. The third-order valence-corrected chi connectivity index (χ3v) is 3.43. The van der Waals surface area contributed by atoms with E-state index in [4.69, 9.17) is 3.79 Å². The van der Waals surface area contributed by atoms with Gasteiger partial charge in [-0.15, -0.1) is 0 Å². The maximum atomic E-state index is 5.70. The highest BCUT2D eigenvalue weighted by molar-refractivity contribution is 5.98. The van der Waals surface area contributed by atoms with Gasteiger partial charge in [-0.25, -0.2) is 0 Å². The van der Waals surface area contributed by atoms with Crippen LogP contribution in [0, 0.1) is 0 Å². The third kappa shape index (κ3) is 5.39. The van der Waals surface area contributed by atoms with Crippen molar-refractivity contribution in [3.8, 4) is 0 Å². The Balaban J connectivity index is 4.11. The standard InChI is InChI=1S/C12H25O.Al/c1-4-7-10-12(13,9-6-3)11-8-5-2;/h4-11H2,1-3H3;/q-1;+1. The molecule has 0 rings (SSSR count). The first-order chi connectivity index (χ1) is 6.74. The van der Waals surface area contributed by atoms with Crippen LogP contribution < -0.4 is 0 Å². The summed E-state index contributed by atoms with van der Waals surface area (Å²) in [6, 6.07) is 0. The first-order valence-electron chi connectivity index (χ1n) is 6.12. The van der Waals surface area contributed by atoms with Gasteiger partial charge in [0.2, 0.25) is 0 Å². The molecule has 0 saturated carbocycles. The van der Waals surface area contributed by atoms with Crippen LogP contribution in [0.25, 0.3) is 0 Å². The highest BCUT2D eigenvalue weighted by Gasteiger charge is 2.25. The Morgan fingerprint density at radius 3 is 1.64 bits per heavy atom. The van der Waals surface area contributed by atoms with Crippen molar-refractivity contribution in [3.63, 3.8) is 0 Å². The zero-order valence-corrected chi connectivity index (χ0v) is 11.3. The van der Waals surface area contributed by atoms with Crippen LogP contribution in [0.15, 0.2) is 0 Å². The van der Waals surface area contributed by atoms with Crippen molar-refractivity contribution in [1.29, 1.82) is 0 Å². The summed E-state index contributed by atoms with van der Waals surface area (Å²) in [7, 11) is 0. The molecule has 14 heavy (non-hydrogen) atoms. The second-order valence-corrected chi connectivity index (χ2v) is 4.49. The fourth-order valence-electron chi connectivity index (χ4n) is 2.01. The van der Waals surface area contributed by atoms with Crippen molar-refractivity contribution < 1.29 is 3.79 Å². The quantitative estimate of drug-likeness (QED) is 0.525. The van der Waals surface area contributed by atoms with Crippen LogP contribution in [0.1, 0.15) is 72.1 Å². The van der Waals surface area contributed by atoms with Crippen LogP contribution in [0.4, 0.5) is 0 Å². The lowest BCUT2D eigenvalue weighted by molar-refractivity contribution is 0.0454. The lowest BCUT2D eigenvalue weighted by Gasteiger charge is -2.35. The van der Waals surface area contributed by atoms with Crippen molar-refractivity contribution in [2.75, 3.05) is 0 Å². The SMILES string of the molecule is CCCCC(CCC)(CCCC)[O][Al]. The molecule has 0 N–H and O–H groups in total. The van der Waals surface area contributed by atoms with E-state index in [1.165, 1.54) is 51.4 Å². The minimum atomic E-state index is 0.158. The van der Waals surface area contributed by atoms with Gasteiger partial charge in [-0.1, -0.05) is 52.9 Å². The number of hydrogen-bond acceptors (Lipinski definition) is 1. The van der Waals surface area contributed by atoms with E-state index in [0.717, 1.165) is 0 Å². The lowest BCUT2D eigenvalue weighted by Crippen LogP contribution is -2.31. The van der Waals surface area contributed by atoms with E-state index in [1.54, 1.807) is 0 Å². The lowest BCUT2D eigenvalue weighted by atomic mass is 9.87. The molecule has 0 aliphatic heterocycles. The third-order valence-electron chi connectivity index (χ3n) is 2.93. The van der Waals surface area contributed by atoms with Crippen LogP contribution in [-0.4, -0.2) is 22.2 Å². The molecule has 0 saturated heterocycles. The van der Waals surface area contributed by atoms with E-state index in [0.29, 0.717) is 0 Å². The molecule has 0 atom stereocenters. The Morgan fingerprint density at radius 1 is 0.857 bits per heavy atom. The Hall–Kier alpha value is 0.492. The number of hydrogen-bond donors (Lipinski definition) is 0. The molecule has 0 aliphatic rings. The summed E-state index contributed by atoms with van der Waals surface area (Å²) < 4.78 is 5.70. The zero-order valence-electron chi connectivity index (χ0n) is 10.1. The van der Waals surface area contributed by atoms with Crippen molar-refractivity contribution in [2.24, 2.45) is 0 Å². The van der Waals surface area contributed by atoms with E-state index in [9.17, 15) is 0 Å². The van der Waals surface area contributed by atoms with Gasteiger partial charge in [0, 0.05) is 5.60 Å². The molecule has 2 heteroatoms. The van der Waals surface area contributed by atoms with Gasteiger partial charge in [-0.3, -0.25) is 0 Å². The predicted molar refractivity (Wildman–Crippen MR) is 63.5 cm³/mol. The van der Waals surface area contributed by atoms with E-state index in [1.807, 2.05) is 0 Å². The van der Waals surface area contributed by atoms with Crippen LogP contribution in [-0.2, 0) is 3.79 Å². The summed E-state index contributed by atoms with van der Waals surface area (Å²) in [5.74, 6) is 0. The fraction of sp³-hybridized carbons (Fsp3) is 1.00. The minimum Gasteiger partial charge on any atom is -0.512 e. The summed E-state index contributed by atoms with van der Waals surface area (Å²) in [6.45, 7) is 6.75. The van der Waals surface area contributed by atoms with Gasteiger partial charge in [0.1, 0.15) is 0 Å². The molecule has 2 radical (unpaired) electrons. The van der Waals surface area contributed by atoms with Crippen molar-refractivity contribution in [3.05, 3.63) is 0 Å². The first-order valence-corrected chi connectivity index (χ1v) is 6.59. The zero-order chi connectivity index (χ0) is 10.9.